The number of Topliss-reactive ketones (excluding diaryl/α,β-unsaturated/α-hetero) is 2. The van der Waals surface area contributed by atoms with E-state index in [2.05, 4.69) is 11.9 Å². The van der Waals surface area contributed by atoms with Gasteiger partial charge in [-0.1, -0.05) is 38.5 Å². The number of likely N-dealkylation sites (N-methyl/N-ethyl adjacent to an activating group) is 1. The van der Waals surface area contributed by atoms with Gasteiger partial charge < -0.3 is 24.0 Å². The van der Waals surface area contributed by atoms with Crippen LogP contribution < -0.4 is 0 Å². The van der Waals surface area contributed by atoms with Gasteiger partial charge in [0.1, 0.15) is 0 Å². The molecule has 1 amide bonds. The molecule has 186 valence electrons. The highest BCUT2D eigenvalue weighted by Crippen LogP contribution is 2.28. The minimum Gasteiger partial charge on any atom is -0.489 e. The van der Waals surface area contributed by atoms with E-state index in [9.17, 15) is 14.4 Å². The Balaban J connectivity index is 1.51. The van der Waals surface area contributed by atoms with Gasteiger partial charge in [0.05, 0.1) is 20.8 Å². The average Bonchev–Trinajstić information content (AvgIpc) is 2.81. The number of unbranched alkanes of at least 4 members (excludes halogenated alkanes) is 7. The van der Waals surface area contributed by atoms with Gasteiger partial charge in [-0.05, 0) is 33.2 Å². The molecule has 0 aromatic rings. The molecular formula is C25H40N2O6. The zero-order chi connectivity index (χ0) is 24.2. The first-order valence-electron chi connectivity index (χ1n) is 12.1. The van der Waals surface area contributed by atoms with Crippen LogP contribution in [0.15, 0.2) is 22.7 Å². The van der Waals surface area contributed by atoms with Crippen LogP contribution in [0.2, 0.25) is 0 Å². The maximum absolute atomic E-state index is 12.6. The largest absolute Gasteiger partial charge is 0.489 e. The van der Waals surface area contributed by atoms with Crippen LogP contribution in [0.25, 0.3) is 0 Å². The summed E-state index contributed by atoms with van der Waals surface area (Å²) in [6.07, 6.45) is 8.78. The molecule has 0 saturated carbocycles. The summed E-state index contributed by atoms with van der Waals surface area (Å²) in [7, 11) is 4.82. The quantitative estimate of drug-likeness (QED) is 0.302. The molecule has 0 radical (unpaired) electrons. The fraction of sp³-hybridized carbons (Fsp3) is 0.720. The van der Waals surface area contributed by atoms with Crippen molar-refractivity contribution in [2.24, 2.45) is 0 Å². The molecule has 1 aliphatic carbocycles. The van der Waals surface area contributed by atoms with Crippen molar-refractivity contribution in [1.29, 1.82) is 0 Å². The lowest BCUT2D eigenvalue weighted by atomic mass is 9.89. The van der Waals surface area contributed by atoms with Crippen LogP contribution in [0.3, 0.4) is 0 Å². The minimum atomic E-state index is -0.266. The highest BCUT2D eigenvalue weighted by atomic mass is 16.6. The van der Waals surface area contributed by atoms with E-state index in [-0.39, 0.29) is 29.2 Å². The standard InChI is InChI=1S/C25H40N2O6/c1-19-20(22(29)24(32-4)23(31-3)21(19)28)13-11-9-7-5-6-8-10-12-18-33-25(30)27-16-14-26(2)15-17-27/h5-18H2,1-4H3. The number of hydrogen-bond donors (Lipinski definition) is 0. The molecule has 1 heterocycles. The Bertz CT molecular complexity index is 750. The van der Waals surface area contributed by atoms with E-state index in [1.165, 1.54) is 14.2 Å². The highest BCUT2D eigenvalue weighted by Gasteiger charge is 2.34. The van der Waals surface area contributed by atoms with E-state index in [1.54, 1.807) is 11.8 Å². The molecule has 8 heteroatoms. The van der Waals surface area contributed by atoms with Crippen molar-refractivity contribution in [2.45, 2.75) is 64.7 Å². The summed E-state index contributed by atoms with van der Waals surface area (Å²) in [4.78, 5) is 41.0. The Morgan fingerprint density at radius 3 is 1.88 bits per heavy atom. The van der Waals surface area contributed by atoms with Gasteiger partial charge in [0.2, 0.25) is 23.1 Å². The van der Waals surface area contributed by atoms with Crippen molar-refractivity contribution >= 4 is 17.7 Å². The van der Waals surface area contributed by atoms with E-state index in [4.69, 9.17) is 14.2 Å². The van der Waals surface area contributed by atoms with E-state index in [1.807, 2.05) is 0 Å². The van der Waals surface area contributed by atoms with Crippen molar-refractivity contribution < 1.29 is 28.6 Å². The number of nitrogens with zero attached hydrogens (tertiary/aromatic N) is 2. The predicted octanol–water partition coefficient (Wildman–Crippen LogP) is 3.85. The lowest BCUT2D eigenvalue weighted by Gasteiger charge is -2.31. The van der Waals surface area contributed by atoms with Crippen LogP contribution in [-0.2, 0) is 23.8 Å². The second-order valence-electron chi connectivity index (χ2n) is 8.81. The van der Waals surface area contributed by atoms with Crippen molar-refractivity contribution in [3.63, 3.8) is 0 Å². The number of ketones is 2. The molecule has 8 nitrogen and oxygen atoms in total. The molecule has 33 heavy (non-hydrogen) atoms. The number of ether oxygens (including phenoxy) is 3. The van der Waals surface area contributed by atoms with Gasteiger partial charge in [-0.25, -0.2) is 4.79 Å². The molecule has 0 N–H and O–H groups in total. The molecule has 0 spiro atoms. The second kappa shape index (κ2) is 14.0. The van der Waals surface area contributed by atoms with Gasteiger partial charge in [0.25, 0.3) is 0 Å². The summed E-state index contributed by atoms with van der Waals surface area (Å²) in [5, 5.41) is 0. The molecule has 0 aromatic carbocycles. The molecule has 2 aliphatic rings. The molecule has 0 atom stereocenters. The third kappa shape index (κ3) is 7.88. The van der Waals surface area contributed by atoms with Gasteiger partial charge in [-0.2, -0.15) is 0 Å². The van der Waals surface area contributed by atoms with Crippen molar-refractivity contribution in [3.8, 4) is 0 Å². The average molecular weight is 465 g/mol. The number of methoxy groups -OCH3 is 2. The number of carbonyl (C=O) groups excluding carboxylic acids is 3. The van der Waals surface area contributed by atoms with E-state index >= 15 is 0 Å². The smallest absolute Gasteiger partial charge is 0.409 e. The number of amides is 1. The lowest BCUT2D eigenvalue weighted by Crippen LogP contribution is -2.47. The van der Waals surface area contributed by atoms with Gasteiger partial charge in [0, 0.05) is 37.3 Å². The topological polar surface area (TPSA) is 85.4 Å². The third-order valence-corrected chi connectivity index (χ3v) is 6.40. The van der Waals surface area contributed by atoms with Crippen molar-refractivity contribution in [2.75, 3.05) is 54.1 Å². The monoisotopic (exact) mass is 464 g/mol. The number of carbonyl (C=O) groups is 3. The second-order valence-corrected chi connectivity index (χ2v) is 8.81. The van der Waals surface area contributed by atoms with Crippen molar-refractivity contribution in [1.82, 2.24) is 9.80 Å². The third-order valence-electron chi connectivity index (χ3n) is 6.40. The molecule has 0 bridgehead atoms. The van der Waals surface area contributed by atoms with Gasteiger partial charge in [-0.15, -0.1) is 0 Å². The summed E-state index contributed by atoms with van der Waals surface area (Å²) in [5.74, 6) is -0.493. The summed E-state index contributed by atoms with van der Waals surface area (Å²) in [5.41, 5.74) is 1.01. The van der Waals surface area contributed by atoms with Crippen LogP contribution >= 0.6 is 0 Å². The molecule has 1 aliphatic heterocycles. The number of allylic oxidation sites excluding steroid dienone is 2. The normalized spacial score (nSPS) is 17.6. The Hall–Kier alpha value is -2.35. The van der Waals surface area contributed by atoms with Gasteiger partial charge >= 0.3 is 6.09 Å². The van der Waals surface area contributed by atoms with E-state index < -0.39 is 0 Å². The Kier molecular flexibility index (Phi) is 11.4. The zero-order valence-corrected chi connectivity index (χ0v) is 20.7. The van der Waals surface area contributed by atoms with Crippen LogP contribution in [0.1, 0.15) is 64.7 Å². The number of hydrogen-bond acceptors (Lipinski definition) is 7. The first kappa shape index (κ1) is 26.9. The van der Waals surface area contributed by atoms with Crippen LogP contribution in [-0.4, -0.2) is 81.5 Å². The molecule has 1 fully saturated rings. The molecular weight excluding hydrogens is 424 g/mol. The predicted molar refractivity (Wildman–Crippen MR) is 126 cm³/mol. The summed E-state index contributed by atoms with van der Waals surface area (Å²) >= 11 is 0. The fourth-order valence-corrected chi connectivity index (χ4v) is 4.20. The molecule has 1 saturated heterocycles. The first-order chi connectivity index (χ1) is 15.9. The van der Waals surface area contributed by atoms with Crippen molar-refractivity contribution in [3.05, 3.63) is 22.7 Å². The van der Waals surface area contributed by atoms with Crippen LogP contribution in [0.4, 0.5) is 4.79 Å². The SMILES string of the molecule is COC1=C(OC)C(=O)C(CCCCCCCCCCOC(=O)N2CCN(C)CC2)=C(C)C1=O. The molecule has 2 rings (SSSR count). The maximum atomic E-state index is 12.6. The zero-order valence-electron chi connectivity index (χ0n) is 20.7. The Morgan fingerprint density at radius 2 is 1.30 bits per heavy atom. The van der Waals surface area contributed by atoms with Gasteiger partial charge in [0.15, 0.2) is 0 Å². The number of piperazine rings is 1. The van der Waals surface area contributed by atoms with E-state index in [0.717, 1.165) is 77.5 Å². The highest BCUT2D eigenvalue weighted by molar-refractivity contribution is 6.23. The summed E-state index contributed by atoms with van der Waals surface area (Å²) < 4.78 is 15.6. The van der Waals surface area contributed by atoms with Crippen LogP contribution in [0.5, 0.6) is 0 Å². The summed E-state index contributed by atoms with van der Waals surface area (Å²) in [6.45, 7) is 5.48. The minimum absolute atomic E-state index is 0.00200. The number of rotatable bonds is 13. The van der Waals surface area contributed by atoms with Gasteiger partial charge in [-0.3, -0.25) is 9.59 Å². The lowest BCUT2D eigenvalue weighted by molar-refractivity contribution is -0.121. The molecule has 0 aromatic heterocycles. The Labute approximate surface area is 197 Å². The van der Waals surface area contributed by atoms with E-state index in [0.29, 0.717) is 24.2 Å². The Morgan fingerprint density at radius 1 is 0.788 bits per heavy atom. The maximum Gasteiger partial charge on any atom is 0.409 e. The summed E-state index contributed by atoms with van der Waals surface area (Å²) in [6, 6.07) is 0. The van der Waals surface area contributed by atoms with Crippen LogP contribution in [0, 0.1) is 0 Å². The fourth-order valence-electron chi connectivity index (χ4n) is 4.20. The first-order valence-corrected chi connectivity index (χ1v) is 12.1. The molecule has 0 unspecified atom stereocenters.